The van der Waals surface area contributed by atoms with Crippen LogP contribution in [-0.4, -0.2) is 20.8 Å². The molecule has 2 rings (SSSR count). The third-order valence-corrected chi connectivity index (χ3v) is 4.54. The summed E-state index contributed by atoms with van der Waals surface area (Å²) in [7, 11) is 3.37. The first-order valence-corrected chi connectivity index (χ1v) is 6.68. The van der Waals surface area contributed by atoms with Crippen LogP contribution in [0.1, 0.15) is 35.6 Å². The number of benzene rings is 1. The lowest BCUT2D eigenvalue weighted by molar-refractivity contribution is 0.366. The monoisotopic (exact) mass is 264 g/mol. The Kier molecular flexibility index (Phi) is 3.74. The van der Waals surface area contributed by atoms with Crippen LogP contribution in [0.3, 0.4) is 0 Å². The van der Waals surface area contributed by atoms with Crippen molar-refractivity contribution in [2.75, 3.05) is 20.8 Å². The fraction of sp³-hybridized carbons (Fsp3) is 0.600. The van der Waals surface area contributed by atoms with Gasteiger partial charge >= 0.3 is 0 Å². The third kappa shape index (κ3) is 2.19. The highest BCUT2D eigenvalue weighted by Crippen LogP contribution is 2.55. The van der Waals surface area contributed by atoms with Crippen molar-refractivity contribution >= 4 is 0 Å². The lowest BCUT2D eigenvalue weighted by Gasteiger charge is -2.26. The lowest BCUT2D eigenvalue weighted by atomic mass is 9.88. The zero-order chi connectivity index (χ0) is 14.2. The molecule has 0 spiro atoms. The Morgan fingerprint density at radius 1 is 1.21 bits per heavy atom. The Balaban J connectivity index is 2.52. The van der Waals surface area contributed by atoms with Gasteiger partial charge in [-0.15, -0.1) is 0 Å². The minimum absolute atomic E-state index is 0.0417. The maximum Gasteiger partial charge on any atom is 0.127 e. The number of hydrogen-bond acceptors (Lipinski definition) is 4. The average Bonchev–Trinajstić information content (AvgIpc) is 3.21. The predicted molar refractivity (Wildman–Crippen MR) is 76.7 cm³/mol. The fourth-order valence-electron chi connectivity index (χ4n) is 2.73. The van der Waals surface area contributed by atoms with Gasteiger partial charge in [-0.05, 0) is 50.4 Å². The smallest absolute Gasteiger partial charge is 0.127 e. The number of methoxy groups -OCH3 is 2. The molecular formula is C15H24N2O2. The summed E-state index contributed by atoms with van der Waals surface area (Å²) >= 11 is 0. The molecule has 1 aliphatic rings. The van der Waals surface area contributed by atoms with E-state index < -0.39 is 0 Å². The molecule has 1 unspecified atom stereocenters. The van der Waals surface area contributed by atoms with Crippen LogP contribution in [0.2, 0.25) is 0 Å². The van der Waals surface area contributed by atoms with E-state index in [2.05, 4.69) is 0 Å². The topological polar surface area (TPSA) is 70.5 Å². The molecule has 19 heavy (non-hydrogen) atoms. The summed E-state index contributed by atoms with van der Waals surface area (Å²) < 4.78 is 11.0. The van der Waals surface area contributed by atoms with Gasteiger partial charge in [-0.1, -0.05) is 0 Å². The average molecular weight is 264 g/mol. The molecule has 0 bridgehead atoms. The Morgan fingerprint density at radius 2 is 1.84 bits per heavy atom. The van der Waals surface area contributed by atoms with Crippen LogP contribution in [0.15, 0.2) is 6.07 Å². The minimum atomic E-state index is -0.0966. The van der Waals surface area contributed by atoms with Gasteiger partial charge in [0.05, 0.1) is 14.2 Å². The van der Waals surface area contributed by atoms with Crippen molar-refractivity contribution in [1.29, 1.82) is 0 Å². The molecular weight excluding hydrogens is 240 g/mol. The number of ether oxygens (including phenoxy) is 2. The minimum Gasteiger partial charge on any atom is -0.496 e. The Hall–Kier alpha value is -1.26. The van der Waals surface area contributed by atoms with Gasteiger partial charge in [-0.3, -0.25) is 0 Å². The van der Waals surface area contributed by atoms with E-state index in [1.807, 2.05) is 19.9 Å². The molecule has 4 N–H and O–H groups in total. The molecule has 0 amide bonds. The molecule has 1 fully saturated rings. The van der Waals surface area contributed by atoms with Gasteiger partial charge in [0.1, 0.15) is 11.5 Å². The van der Waals surface area contributed by atoms with Gasteiger partial charge in [0.2, 0.25) is 0 Å². The normalized spacial score (nSPS) is 18.0. The first-order chi connectivity index (χ1) is 9.00. The zero-order valence-corrected chi connectivity index (χ0v) is 12.2. The summed E-state index contributed by atoms with van der Waals surface area (Å²) in [5.41, 5.74) is 15.6. The third-order valence-electron chi connectivity index (χ3n) is 4.54. The van der Waals surface area contributed by atoms with Gasteiger partial charge < -0.3 is 20.9 Å². The van der Waals surface area contributed by atoms with Crippen molar-refractivity contribution < 1.29 is 9.47 Å². The van der Waals surface area contributed by atoms with Crippen molar-refractivity contribution in [3.8, 4) is 11.5 Å². The maximum atomic E-state index is 6.45. The quantitative estimate of drug-likeness (QED) is 0.854. The molecule has 0 aliphatic heterocycles. The predicted octanol–water partition coefficient (Wildman–Crippen LogP) is 2.06. The van der Waals surface area contributed by atoms with Crippen molar-refractivity contribution in [2.24, 2.45) is 16.9 Å². The van der Waals surface area contributed by atoms with E-state index >= 15 is 0 Å². The molecule has 0 radical (unpaired) electrons. The van der Waals surface area contributed by atoms with E-state index in [1.54, 1.807) is 14.2 Å². The molecule has 4 nitrogen and oxygen atoms in total. The van der Waals surface area contributed by atoms with Gasteiger partial charge in [-0.25, -0.2) is 0 Å². The summed E-state index contributed by atoms with van der Waals surface area (Å²) in [5.74, 6) is 1.72. The van der Waals surface area contributed by atoms with Crippen LogP contribution in [0.25, 0.3) is 0 Å². The summed E-state index contributed by atoms with van der Waals surface area (Å²) in [6.07, 6.45) is 2.17. The van der Waals surface area contributed by atoms with Gasteiger partial charge in [0.15, 0.2) is 0 Å². The van der Waals surface area contributed by atoms with Gasteiger partial charge in [-0.2, -0.15) is 0 Å². The van der Waals surface area contributed by atoms with E-state index in [4.69, 9.17) is 20.9 Å². The van der Waals surface area contributed by atoms with Crippen molar-refractivity contribution in [1.82, 2.24) is 0 Å². The van der Waals surface area contributed by atoms with E-state index in [-0.39, 0.29) is 11.5 Å². The number of hydrogen-bond donors (Lipinski definition) is 2. The van der Waals surface area contributed by atoms with Crippen LogP contribution in [0, 0.1) is 19.3 Å². The first-order valence-electron chi connectivity index (χ1n) is 6.68. The largest absolute Gasteiger partial charge is 0.496 e. The molecule has 1 aromatic carbocycles. The lowest BCUT2D eigenvalue weighted by Crippen LogP contribution is -2.30. The number of nitrogens with two attached hydrogens (primary N) is 2. The summed E-state index contributed by atoms with van der Waals surface area (Å²) in [6, 6.07) is 1.90. The Morgan fingerprint density at radius 3 is 2.26 bits per heavy atom. The van der Waals surface area contributed by atoms with E-state index in [1.165, 1.54) is 0 Å². The van der Waals surface area contributed by atoms with Crippen LogP contribution >= 0.6 is 0 Å². The second-order valence-corrected chi connectivity index (χ2v) is 5.50. The summed E-state index contributed by atoms with van der Waals surface area (Å²) in [6.45, 7) is 4.68. The maximum absolute atomic E-state index is 6.45. The standard InChI is InChI=1S/C15H24N2O2/c1-9-10(2)13(19-4)11(7-12(9)18-3)14(17)15(8-16)5-6-15/h7,14H,5-6,8,16-17H2,1-4H3. The molecule has 106 valence electrons. The van der Waals surface area contributed by atoms with Crippen molar-refractivity contribution in [2.45, 2.75) is 32.7 Å². The van der Waals surface area contributed by atoms with Crippen LogP contribution in [0.5, 0.6) is 11.5 Å². The fourth-order valence-corrected chi connectivity index (χ4v) is 2.73. The van der Waals surface area contributed by atoms with Gasteiger partial charge in [0.25, 0.3) is 0 Å². The Bertz CT molecular complexity index is 482. The summed E-state index contributed by atoms with van der Waals surface area (Å²) in [5, 5.41) is 0. The molecule has 0 heterocycles. The van der Waals surface area contributed by atoms with E-state index in [0.29, 0.717) is 6.54 Å². The molecule has 1 aromatic rings. The van der Waals surface area contributed by atoms with Crippen LogP contribution < -0.4 is 20.9 Å². The number of rotatable bonds is 5. The van der Waals surface area contributed by atoms with Gasteiger partial charge in [0, 0.05) is 17.0 Å². The Labute approximate surface area is 115 Å². The summed E-state index contributed by atoms with van der Waals surface area (Å²) in [4.78, 5) is 0. The highest BCUT2D eigenvalue weighted by atomic mass is 16.5. The molecule has 1 aliphatic carbocycles. The van der Waals surface area contributed by atoms with Crippen LogP contribution in [-0.2, 0) is 0 Å². The van der Waals surface area contributed by atoms with Crippen LogP contribution in [0.4, 0.5) is 0 Å². The molecule has 0 saturated heterocycles. The van der Waals surface area contributed by atoms with E-state index in [0.717, 1.165) is 41.0 Å². The molecule has 1 saturated carbocycles. The molecule has 1 atom stereocenters. The van der Waals surface area contributed by atoms with Crippen molar-refractivity contribution in [3.63, 3.8) is 0 Å². The zero-order valence-electron chi connectivity index (χ0n) is 12.2. The second-order valence-electron chi connectivity index (χ2n) is 5.50. The SMILES string of the molecule is COc1cc(C(N)C2(CN)CC2)c(OC)c(C)c1C. The molecule has 4 heteroatoms. The van der Waals surface area contributed by atoms with E-state index in [9.17, 15) is 0 Å². The molecule has 0 aromatic heterocycles. The highest BCUT2D eigenvalue weighted by molar-refractivity contribution is 5.54. The van der Waals surface area contributed by atoms with Crippen molar-refractivity contribution in [3.05, 3.63) is 22.8 Å². The first kappa shape index (κ1) is 14.2. The second kappa shape index (κ2) is 5.02. The highest BCUT2D eigenvalue weighted by Gasteiger charge is 2.48.